The van der Waals surface area contributed by atoms with Crippen molar-refractivity contribution in [1.82, 2.24) is 10.2 Å². The molecule has 0 unspecified atom stereocenters. The second kappa shape index (κ2) is 7.31. The van der Waals surface area contributed by atoms with Crippen LogP contribution < -0.4 is 5.32 Å². The molecule has 1 aliphatic heterocycles. The summed E-state index contributed by atoms with van der Waals surface area (Å²) in [6, 6.07) is 0. The summed E-state index contributed by atoms with van der Waals surface area (Å²) in [5, 5.41) is 3.52. The molecule has 2 rings (SSSR count). The van der Waals surface area contributed by atoms with Gasteiger partial charge in [-0.25, -0.2) is 0 Å². The van der Waals surface area contributed by atoms with Gasteiger partial charge in [0.05, 0.1) is 13.5 Å². The molecule has 0 aromatic heterocycles. The van der Waals surface area contributed by atoms with E-state index in [1.165, 1.54) is 39.2 Å². The third-order valence-electron chi connectivity index (χ3n) is 4.28. The molecule has 0 radical (unpaired) electrons. The van der Waals surface area contributed by atoms with Crippen LogP contribution in [0.1, 0.15) is 38.5 Å². The van der Waals surface area contributed by atoms with Gasteiger partial charge in [-0.15, -0.1) is 12.4 Å². The van der Waals surface area contributed by atoms with Crippen molar-refractivity contribution in [1.29, 1.82) is 0 Å². The molecular weight excluding hydrogens is 252 g/mol. The summed E-state index contributed by atoms with van der Waals surface area (Å²) in [4.78, 5) is 13.8. The van der Waals surface area contributed by atoms with Crippen molar-refractivity contribution in [2.24, 2.45) is 0 Å². The molecule has 5 heteroatoms. The highest BCUT2D eigenvalue weighted by Crippen LogP contribution is 2.34. The number of esters is 1. The number of piperazine rings is 1. The van der Waals surface area contributed by atoms with Gasteiger partial charge in [0, 0.05) is 31.7 Å². The number of carbonyl (C=O) groups excluding carboxylic acids is 1. The molecule has 0 bridgehead atoms. The monoisotopic (exact) mass is 276 g/mol. The van der Waals surface area contributed by atoms with Crippen molar-refractivity contribution in [2.45, 2.75) is 44.1 Å². The Bertz CT molecular complexity index is 259. The normalized spacial score (nSPS) is 23.4. The lowest BCUT2D eigenvalue weighted by Gasteiger charge is -2.50. The quantitative estimate of drug-likeness (QED) is 0.795. The molecule has 0 aromatic carbocycles. The second-order valence-electron chi connectivity index (χ2n) is 5.27. The maximum Gasteiger partial charge on any atom is 0.306 e. The summed E-state index contributed by atoms with van der Waals surface area (Å²) in [5.74, 6) is -0.0884. The van der Waals surface area contributed by atoms with Gasteiger partial charge in [0.2, 0.25) is 0 Å². The first-order chi connectivity index (χ1) is 8.27. The molecule has 0 atom stereocenters. The zero-order chi connectivity index (χ0) is 12.1. The van der Waals surface area contributed by atoms with Crippen LogP contribution in [-0.2, 0) is 9.53 Å². The number of ether oxygens (including phenoxy) is 1. The van der Waals surface area contributed by atoms with Crippen LogP contribution in [0.4, 0.5) is 0 Å². The molecule has 18 heavy (non-hydrogen) atoms. The van der Waals surface area contributed by atoms with Crippen LogP contribution in [0.15, 0.2) is 0 Å². The van der Waals surface area contributed by atoms with E-state index in [1.807, 2.05) is 0 Å². The van der Waals surface area contributed by atoms with Gasteiger partial charge in [-0.3, -0.25) is 9.69 Å². The average Bonchev–Trinajstić information content (AvgIpc) is 2.38. The van der Waals surface area contributed by atoms with Gasteiger partial charge in [-0.05, 0) is 12.8 Å². The number of nitrogens with zero attached hydrogens (tertiary/aromatic N) is 1. The number of carbonyl (C=O) groups is 1. The fourth-order valence-electron chi connectivity index (χ4n) is 3.26. The first kappa shape index (κ1) is 15.7. The van der Waals surface area contributed by atoms with Gasteiger partial charge >= 0.3 is 5.97 Å². The van der Waals surface area contributed by atoms with E-state index in [-0.39, 0.29) is 18.4 Å². The third-order valence-corrected chi connectivity index (χ3v) is 4.28. The molecule has 106 valence electrons. The van der Waals surface area contributed by atoms with Gasteiger partial charge in [0.1, 0.15) is 0 Å². The Morgan fingerprint density at radius 2 is 2.06 bits per heavy atom. The van der Waals surface area contributed by atoms with E-state index >= 15 is 0 Å². The minimum absolute atomic E-state index is 0. The smallest absolute Gasteiger partial charge is 0.306 e. The molecule has 1 N–H and O–H groups in total. The van der Waals surface area contributed by atoms with Crippen LogP contribution in [0.25, 0.3) is 0 Å². The highest BCUT2D eigenvalue weighted by Gasteiger charge is 2.39. The van der Waals surface area contributed by atoms with Crippen molar-refractivity contribution in [3.05, 3.63) is 0 Å². The van der Waals surface area contributed by atoms with E-state index in [2.05, 4.69) is 10.2 Å². The highest BCUT2D eigenvalue weighted by atomic mass is 35.5. The third kappa shape index (κ3) is 3.59. The Balaban J connectivity index is 0.00000162. The summed E-state index contributed by atoms with van der Waals surface area (Å²) < 4.78 is 4.74. The molecule has 1 aliphatic carbocycles. The second-order valence-corrected chi connectivity index (χ2v) is 5.27. The lowest BCUT2D eigenvalue weighted by Crippen LogP contribution is -2.62. The van der Waals surface area contributed by atoms with Crippen LogP contribution in [0.2, 0.25) is 0 Å². The number of hydrogen-bond acceptors (Lipinski definition) is 4. The first-order valence-electron chi connectivity index (χ1n) is 6.79. The number of methoxy groups -OCH3 is 1. The lowest BCUT2D eigenvalue weighted by molar-refractivity contribution is -0.141. The van der Waals surface area contributed by atoms with Crippen molar-refractivity contribution in [3.8, 4) is 0 Å². The number of nitrogens with one attached hydrogen (secondary N) is 1. The Hall–Kier alpha value is -0.320. The predicted molar refractivity (Wildman–Crippen MR) is 74.1 cm³/mol. The molecular formula is C13H25ClN2O2. The Morgan fingerprint density at radius 3 is 2.72 bits per heavy atom. The van der Waals surface area contributed by atoms with E-state index in [0.717, 1.165) is 26.2 Å². The van der Waals surface area contributed by atoms with E-state index in [9.17, 15) is 4.79 Å². The molecule has 0 amide bonds. The lowest BCUT2D eigenvalue weighted by atomic mass is 9.79. The Morgan fingerprint density at radius 1 is 1.33 bits per heavy atom. The number of rotatable bonds is 3. The summed E-state index contributed by atoms with van der Waals surface area (Å²) >= 11 is 0. The molecule has 4 nitrogen and oxygen atoms in total. The predicted octanol–water partition coefficient (Wildman–Crippen LogP) is 1.58. The van der Waals surface area contributed by atoms with Gasteiger partial charge < -0.3 is 10.1 Å². The fraction of sp³-hybridized carbons (Fsp3) is 0.923. The van der Waals surface area contributed by atoms with Gasteiger partial charge in [-0.1, -0.05) is 19.3 Å². The minimum Gasteiger partial charge on any atom is -0.469 e. The summed E-state index contributed by atoms with van der Waals surface area (Å²) in [7, 11) is 1.47. The molecule has 0 aromatic rings. The molecule has 1 saturated carbocycles. The highest BCUT2D eigenvalue weighted by molar-refractivity contribution is 5.85. The van der Waals surface area contributed by atoms with E-state index < -0.39 is 0 Å². The van der Waals surface area contributed by atoms with Gasteiger partial charge in [-0.2, -0.15) is 0 Å². The van der Waals surface area contributed by atoms with Crippen molar-refractivity contribution >= 4 is 18.4 Å². The Kier molecular flexibility index (Phi) is 6.39. The standard InChI is InChI=1S/C13H24N2O2.ClH/c1-17-12(16)5-9-15-10-8-14-11-13(15)6-3-2-4-7-13;/h14H,2-11H2,1H3;1H. The maximum atomic E-state index is 11.3. The van der Waals surface area contributed by atoms with E-state index in [0.29, 0.717) is 12.0 Å². The first-order valence-corrected chi connectivity index (χ1v) is 6.79. The molecule has 1 saturated heterocycles. The molecule has 1 spiro atoms. The van der Waals surface area contributed by atoms with Crippen LogP contribution in [-0.4, -0.2) is 49.7 Å². The molecule has 2 fully saturated rings. The fourth-order valence-corrected chi connectivity index (χ4v) is 3.26. The van der Waals surface area contributed by atoms with Crippen molar-refractivity contribution in [2.75, 3.05) is 33.3 Å². The van der Waals surface area contributed by atoms with Crippen LogP contribution >= 0.6 is 12.4 Å². The SMILES string of the molecule is COC(=O)CCN1CCNCC12CCCCC2.Cl. The number of hydrogen-bond donors (Lipinski definition) is 1. The number of halogens is 1. The largest absolute Gasteiger partial charge is 0.469 e. The average molecular weight is 277 g/mol. The van der Waals surface area contributed by atoms with E-state index in [4.69, 9.17) is 4.74 Å². The van der Waals surface area contributed by atoms with Gasteiger partial charge in [0.15, 0.2) is 0 Å². The zero-order valence-corrected chi connectivity index (χ0v) is 12.1. The maximum absolute atomic E-state index is 11.3. The van der Waals surface area contributed by atoms with E-state index in [1.54, 1.807) is 0 Å². The molecule has 2 aliphatic rings. The molecule has 1 heterocycles. The van der Waals surface area contributed by atoms with Crippen molar-refractivity contribution in [3.63, 3.8) is 0 Å². The topological polar surface area (TPSA) is 41.6 Å². The van der Waals surface area contributed by atoms with Crippen LogP contribution in [0.5, 0.6) is 0 Å². The van der Waals surface area contributed by atoms with Crippen LogP contribution in [0.3, 0.4) is 0 Å². The summed E-state index contributed by atoms with van der Waals surface area (Å²) in [5.41, 5.74) is 0.324. The van der Waals surface area contributed by atoms with Crippen molar-refractivity contribution < 1.29 is 9.53 Å². The zero-order valence-electron chi connectivity index (χ0n) is 11.2. The van der Waals surface area contributed by atoms with Crippen LogP contribution in [0, 0.1) is 0 Å². The Labute approximate surface area is 116 Å². The summed E-state index contributed by atoms with van der Waals surface area (Å²) in [6.45, 7) is 4.06. The summed E-state index contributed by atoms with van der Waals surface area (Å²) in [6.07, 6.45) is 7.11. The minimum atomic E-state index is -0.0884. The van der Waals surface area contributed by atoms with Gasteiger partial charge in [0.25, 0.3) is 0 Å².